The first kappa shape index (κ1) is 18.0. The van der Waals surface area contributed by atoms with E-state index in [1.165, 1.54) is 6.07 Å². The minimum atomic E-state index is -2.95. The fraction of sp³-hybridized carbons (Fsp3) is 0.136. The number of alkyl halides is 2. The Morgan fingerprint density at radius 3 is 2.57 bits per heavy atom. The molecule has 2 N–H and O–H groups in total. The van der Waals surface area contributed by atoms with Gasteiger partial charge in [0.2, 0.25) is 5.91 Å². The molecule has 0 saturated carbocycles. The molecule has 1 aliphatic heterocycles. The molecule has 28 heavy (non-hydrogen) atoms. The molecule has 3 aromatic carbocycles. The van der Waals surface area contributed by atoms with Gasteiger partial charge >= 0.3 is 6.61 Å². The van der Waals surface area contributed by atoms with Crippen molar-refractivity contribution in [1.29, 1.82) is 0 Å². The molecule has 4 nitrogen and oxygen atoms in total. The molecule has 1 aliphatic rings. The Bertz CT molecular complexity index is 1020. The SMILES string of the molecule is NC(=O)Cc1ccc2c(c1)C(c1ccccc1)Oc1cccc(OC(F)F)c1-2. The van der Waals surface area contributed by atoms with Crippen LogP contribution in [-0.2, 0) is 11.2 Å². The average molecular weight is 381 g/mol. The molecule has 1 unspecified atom stereocenters. The maximum Gasteiger partial charge on any atom is 0.387 e. The summed E-state index contributed by atoms with van der Waals surface area (Å²) >= 11 is 0. The Kier molecular flexibility index (Phi) is 4.69. The Morgan fingerprint density at radius 1 is 1.07 bits per heavy atom. The number of hydrogen-bond acceptors (Lipinski definition) is 3. The van der Waals surface area contributed by atoms with Crippen molar-refractivity contribution in [3.63, 3.8) is 0 Å². The average Bonchev–Trinajstić information content (AvgIpc) is 2.67. The van der Waals surface area contributed by atoms with Gasteiger partial charge in [0.05, 0.1) is 12.0 Å². The summed E-state index contributed by atoms with van der Waals surface area (Å²) in [6.07, 6.45) is -0.366. The van der Waals surface area contributed by atoms with Gasteiger partial charge < -0.3 is 15.2 Å². The molecule has 0 spiro atoms. The van der Waals surface area contributed by atoms with E-state index in [0.717, 1.165) is 22.3 Å². The minimum absolute atomic E-state index is 0.0444. The van der Waals surface area contributed by atoms with Crippen molar-refractivity contribution in [2.24, 2.45) is 5.73 Å². The van der Waals surface area contributed by atoms with E-state index in [4.69, 9.17) is 15.2 Å². The molecule has 142 valence electrons. The van der Waals surface area contributed by atoms with E-state index in [2.05, 4.69) is 0 Å². The number of hydrogen-bond donors (Lipinski definition) is 1. The molecule has 0 fully saturated rings. The lowest BCUT2D eigenvalue weighted by atomic mass is 9.87. The van der Waals surface area contributed by atoms with Crippen LogP contribution in [0.4, 0.5) is 8.78 Å². The lowest BCUT2D eigenvalue weighted by Crippen LogP contribution is -2.18. The van der Waals surface area contributed by atoms with E-state index in [9.17, 15) is 13.6 Å². The van der Waals surface area contributed by atoms with Gasteiger partial charge in [0.15, 0.2) is 0 Å². The van der Waals surface area contributed by atoms with Crippen LogP contribution in [0, 0.1) is 0 Å². The van der Waals surface area contributed by atoms with Gasteiger partial charge in [-0.15, -0.1) is 0 Å². The summed E-state index contributed by atoms with van der Waals surface area (Å²) in [4.78, 5) is 11.3. The third-order valence-corrected chi connectivity index (χ3v) is 4.60. The first-order valence-electron chi connectivity index (χ1n) is 8.74. The summed E-state index contributed by atoms with van der Waals surface area (Å²) in [5.41, 5.74) is 8.92. The van der Waals surface area contributed by atoms with Gasteiger partial charge in [-0.1, -0.05) is 54.6 Å². The summed E-state index contributed by atoms with van der Waals surface area (Å²) in [5, 5.41) is 0. The van der Waals surface area contributed by atoms with Gasteiger partial charge in [0, 0.05) is 5.56 Å². The van der Waals surface area contributed by atoms with E-state index in [0.29, 0.717) is 11.3 Å². The van der Waals surface area contributed by atoms with Crippen LogP contribution in [0.2, 0.25) is 0 Å². The van der Waals surface area contributed by atoms with Crippen molar-refractivity contribution in [3.05, 3.63) is 83.4 Å². The van der Waals surface area contributed by atoms with Crippen LogP contribution < -0.4 is 15.2 Å². The number of benzene rings is 3. The number of carbonyl (C=O) groups excluding carboxylic acids is 1. The molecule has 1 atom stereocenters. The topological polar surface area (TPSA) is 61.6 Å². The standard InChI is InChI=1S/C22H17F2NO3/c23-22(24)28-18-8-4-7-17-20(18)15-10-9-13(12-19(25)26)11-16(15)21(27-17)14-5-2-1-3-6-14/h1-11,21-22H,12H2,(H2,25,26). The molecule has 1 heterocycles. The van der Waals surface area contributed by atoms with Crippen molar-refractivity contribution >= 4 is 5.91 Å². The summed E-state index contributed by atoms with van der Waals surface area (Å²) in [6, 6.07) is 19.8. The van der Waals surface area contributed by atoms with Crippen molar-refractivity contribution in [2.75, 3.05) is 0 Å². The maximum atomic E-state index is 12.9. The maximum absolute atomic E-state index is 12.9. The van der Waals surface area contributed by atoms with Crippen LogP contribution in [0.15, 0.2) is 66.7 Å². The first-order valence-corrected chi connectivity index (χ1v) is 8.74. The monoisotopic (exact) mass is 381 g/mol. The molecule has 0 saturated heterocycles. The zero-order chi connectivity index (χ0) is 19.7. The lowest BCUT2D eigenvalue weighted by molar-refractivity contribution is -0.117. The van der Waals surface area contributed by atoms with E-state index < -0.39 is 18.6 Å². The Morgan fingerprint density at radius 2 is 1.86 bits per heavy atom. The molecule has 1 amide bonds. The summed E-state index contributed by atoms with van der Waals surface area (Å²) in [7, 11) is 0. The first-order chi connectivity index (χ1) is 13.5. The molecule has 3 aromatic rings. The van der Waals surface area contributed by atoms with E-state index in [1.807, 2.05) is 36.4 Å². The normalized spacial score (nSPS) is 14.8. The second-order valence-corrected chi connectivity index (χ2v) is 6.48. The Hall–Kier alpha value is -3.41. The smallest absolute Gasteiger partial charge is 0.387 e. The highest BCUT2D eigenvalue weighted by atomic mass is 19.3. The highest BCUT2D eigenvalue weighted by molar-refractivity contribution is 5.83. The van der Waals surface area contributed by atoms with Gasteiger partial charge in [-0.3, -0.25) is 4.79 Å². The van der Waals surface area contributed by atoms with Gasteiger partial charge in [0.1, 0.15) is 17.6 Å². The Labute approximate surface area is 160 Å². The van der Waals surface area contributed by atoms with Gasteiger partial charge in [0.25, 0.3) is 0 Å². The van der Waals surface area contributed by atoms with Crippen LogP contribution in [0.3, 0.4) is 0 Å². The number of amides is 1. The zero-order valence-corrected chi connectivity index (χ0v) is 14.8. The second kappa shape index (κ2) is 7.31. The molecule has 6 heteroatoms. The highest BCUT2D eigenvalue weighted by Gasteiger charge is 2.30. The number of rotatable bonds is 5. The van der Waals surface area contributed by atoms with Crippen molar-refractivity contribution < 1.29 is 23.0 Å². The molecule has 0 aliphatic carbocycles. The fourth-order valence-electron chi connectivity index (χ4n) is 3.50. The number of primary amides is 1. The van der Waals surface area contributed by atoms with Gasteiger partial charge in [-0.05, 0) is 28.8 Å². The molecular formula is C22H17F2NO3. The van der Waals surface area contributed by atoms with Gasteiger partial charge in [-0.25, -0.2) is 0 Å². The summed E-state index contributed by atoms with van der Waals surface area (Å²) in [5.74, 6) is 0.0557. The van der Waals surface area contributed by atoms with E-state index in [1.54, 1.807) is 24.3 Å². The quantitative estimate of drug-likeness (QED) is 0.710. The number of fused-ring (bicyclic) bond motifs is 3. The van der Waals surface area contributed by atoms with Crippen molar-refractivity contribution in [3.8, 4) is 22.6 Å². The van der Waals surface area contributed by atoms with Crippen molar-refractivity contribution in [2.45, 2.75) is 19.1 Å². The van der Waals surface area contributed by atoms with Gasteiger partial charge in [-0.2, -0.15) is 8.78 Å². The molecular weight excluding hydrogens is 364 g/mol. The van der Waals surface area contributed by atoms with Crippen molar-refractivity contribution in [1.82, 2.24) is 0 Å². The third kappa shape index (κ3) is 3.41. The summed E-state index contributed by atoms with van der Waals surface area (Å²) < 4.78 is 36.7. The number of carbonyl (C=O) groups is 1. The summed E-state index contributed by atoms with van der Waals surface area (Å²) in [6.45, 7) is -2.95. The predicted octanol–water partition coefficient (Wildman–Crippen LogP) is 4.46. The predicted molar refractivity (Wildman–Crippen MR) is 100 cm³/mol. The third-order valence-electron chi connectivity index (χ3n) is 4.60. The van der Waals surface area contributed by atoms with Crippen LogP contribution >= 0.6 is 0 Å². The minimum Gasteiger partial charge on any atom is -0.480 e. The molecule has 0 radical (unpaired) electrons. The number of nitrogens with two attached hydrogens (primary N) is 1. The Balaban J connectivity index is 1.90. The molecule has 4 rings (SSSR count). The molecule has 0 bridgehead atoms. The largest absolute Gasteiger partial charge is 0.480 e. The van der Waals surface area contributed by atoms with E-state index in [-0.39, 0.29) is 12.2 Å². The van der Waals surface area contributed by atoms with Crippen LogP contribution in [0.25, 0.3) is 11.1 Å². The van der Waals surface area contributed by atoms with Crippen LogP contribution in [0.1, 0.15) is 22.8 Å². The van der Waals surface area contributed by atoms with Crippen LogP contribution in [-0.4, -0.2) is 12.5 Å². The fourth-order valence-corrected chi connectivity index (χ4v) is 3.50. The lowest BCUT2D eigenvalue weighted by Gasteiger charge is -2.30. The second-order valence-electron chi connectivity index (χ2n) is 6.48. The highest BCUT2D eigenvalue weighted by Crippen LogP contribution is 2.49. The number of ether oxygens (including phenoxy) is 2. The van der Waals surface area contributed by atoms with Crippen LogP contribution in [0.5, 0.6) is 11.5 Å². The number of halogens is 2. The van der Waals surface area contributed by atoms with E-state index >= 15 is 0 Å². The zero-order valence-electron chi connectivity index (χ0n) is 14.8. The molecule has 0 aromatic heterocycles.